The Balaban J connectivity index is 2.61. The zero-order valence-corrected chi connectivity index (χ0v) is 6.27. The van der Waals surface area contributed by atoms with Crippen LogP contribution in [0.15, 0.2) is 9.72 Å². The van der Waals surface area contributed by atoms with Crippen LogP contribution in [0, 0.1) is 12.9 Å². The van der Waals surface area contributed by atoms with E-state index >= 15 is 0 Å². The molecule has 1 aromatic rings. The molecule has 0 saturated heterocycles. The number of halogens is 1. The van der Waals surface area contributed by atoms with Gasteiger partial charge in [-0.25, -0.2) is 4.98 Å². The van der Waals surface area contributed by atoms with Crippen molar-refractivity contribution in [3.05, 3.63) is 18.3 Å². The quantitative estimate of drug-likeness (QED) is 0.618. The molecule has 0 aliphatic rings. The van der Waals surface area contributed by atoms with Gasteiger partial charge < -0.3 is 0 Å². The number of rotatable bonds is 2. The molecule has 49 valence electrons. The summed E-state index contributed by atoms with van der Waals surface area (Å²) >= 11 is 2.76. The van der Waals surface area contributed by atoms with Crippen molar-refractivity contribution < 1.29 is 4.39 Å². The van der Waals surface area contributed by atoms with Gasteiger partial charge in [0.05, 0.1) is 0 Å². The number of hydrogen-bond acceptors (Lipinski definition) is 3. The predicted octanol–water partition coefficient (Wildman–Crippen LogP) is 2.21. The first-order chi connectivity index (χ1) is 4.33. The van der Waals surface area contributed by atoms with Crippen LogP contribution < -0.4 is 0 Å². The Bertz CT molecular complexity index is 187. The van der Waals surface area contributed by atoms with Gasteiger partial charge in [-0.1, -0.05) is 11.8 Å². The van der Waals surface area contributed by atoms with Gasteiger partial charge in [0.15, 0.2) is 4.34 Å². The van der Waals surface area contributed by atoms with Crippen LogP contribution in [0.5, 0.6) is 0 Å². The maximum atomic E-state index is 12.1. The average molecular weight is 162 g/mol. The molecule has 0 saturated carbocycles. The Kier molecular flexibility index (Phi) is 2.48. The fourth-order valence-electron chi connectivity index (χ4n) is 0.393. The molecule has 1 aromatic heterocycles. The smallest absolute Gasteiger partial charge is 0.201 e. The van der Waals surface area contributed by atoms with Crippen LogP contribution in [0.2, 0.25) is 0 Å². The molecule has 1 heterocycles. The highest BCUT2D eigenvalue weighted by atomic mass is 32.2. The van der Waals surface area contributed by atoms with Crippen LogP contribution >= 0.6 is 23.1 Å². The Hall–Kier alpha value is -0.0900. The summed E-state index contributed by atoms with van der Waals surface area (Å²) in [4.78, 5) is 3.58. The Labute approximate surface area is 61.3 Å². The van der Waals surface area contributed by atoms with Gasteiger partial charge in [-0.2, -0.15) is 4.39 Å². The minimum absolute atomic E-state index is 0.393. The molecular formula is C5H5FNS2. The van der Waals surface area contributed by atoms with E-state index in [4.69, 9.17) is 0 Å². The van der Waals surface area contributed by atoms with Crippen LogP contribution in [0.25, 0.3) is 0 Å². The highest BCUT2D eigenvalue weighted by Crippen LogP contribution is 2.20. The average Bonchev–Trinajstić information content (AvgIpc) is 2.17. The van der Waals surface area contributed by atoms with Crippen molar-refractivity contribution in [2.45, 2.75) is 4.34 Å². The van der Waals surface area contributed by atoms with Crippen molar-refractivity contribution in [1.82, 2.24) is 4.98 Å². The maximum absolute atomic E-state index is 12.1. The summed E-state index contributed by atoms with van der Waals surface area (Å²) in [6.45, 7) is 3.60. The lowest BCUT2D eigenvalue weighted by atomic mass is 11.0. The van der Waals surface area contributed by atoms with Crippen molar-refractivity contribution in [3.63, 3.8) is 0 Å². The lowest BCUT2D eigenvalue weighted by molar-refractivity contribution is 0.585. The zero-order valence-electron chi connectivity index (χ0n) is 4.63. The first-order valence-electron chi connectivity index (χ1n) is 2.36. The second-order valence-electron chi connectivity index (χ2n) is 1.28. The fraction of sp³-hybridized carbons (Fsp3) is 0.200. The van der Waals surface area contributed by atoms with Gasteiger partial charge in [-0.15, -0.1) is 11.3 Å². The molecule has 1 rings (SSSR count). The lowest BCUT2D eigenvalue weighted by Gasteiger charge is -1.84. The van der Waals surface area contributed by atoms with E-state index in [-0.39, 0.29) is 0 Å². The SMILES string of the molecule is [CH2]CSc1nc(F)cs1. The highest BCUT2D eigenvalue weighted by Gasteiger charge is 1.97. The summed E-state index contributed by atoms with van der Waals surface area (Å²) < 4.78 is 12.9. The normalized spacial score (nSPS) is 10.0. The van der Waals surface area contributed by atoms with Crippen LogP contribution in [0.1, 0.15) is 0 Å². The molecular weight excluding hydrogens is 157 g/mol. The molecule has 0 fully saturated rings. The topological polar surface area (TPSA) is 12.9 Å². The molecule has 0 bridgehead atoms. The number of aromatic nitrogens is 1. The molecule has 0 aliphatic heterocycles. The van der Waals surface area contributed by atoms with Gasteiger partial charge in [-0.05, 0) is 6.92 Å². The van der Waals surface area contributed by atoms with E-state index in [9.17, 15) is 4.39 Å². The molecule has 1 radical (unpaired) electrons. The van der Waals surface area contributed by atoms with Gasteiger partial charge in [0, 0.05) is 11.1 Å². The second-order valence-corrected chi connectivity index (χ2v) is 3.48. The number of thioether (sulfide) groups is 1. The summed E-state index contributed by atoms with van der Waals surface area (Å²) in [6, 6.07) is 0. The van der Waals surface area contributed by atoms with Crippen LogP contribution in [0.4, 0.5) is 4.39 Å². The second kappa shape index (κ2) is 3.17. The van der Waals surface area contributed by atoms with Crippen molar-refractivity contribution in [1.29, 1.82) is 0 Å². The monoisotopic (exact) mass is 162 g/mol. The number of nitrogens with zero attached hydrogens (tertiary/aromatic N) is 1. The van der Waals surface area contributed by atoms with Crippen LogP contribution in [-0.4, -0.2) is 10.7 Å². The highest BCUT2D eigenvalue weighted by molar-refractivity contribution is 8.01. The summed E-state index contributed by atoms with van der Waals surface area (Å²) in [5, 5.41) is 1.39. The molecule has 0 aliphatic carbocycles. The Morgan fingerprint density at radius 2 is 2.67 bits per heavy atom. The van der Waals surface area contributed by atoms with E-state index in [1.807, 2.05) is 0 Å². The molecule has 0 spiro atoms. The molecule has 4 heteroatoms. The summed E-state index contributed by atoms with van der Waals surface area (Å²) in [5.41, 5.74) is 0. The third-order valence-corrected chi connectivity index (χ3v) is 2.47. The van der Waals surface area contributed by atoms with Gasteiger partial charge in [0.25, 0.3) is 0 Å². The Morgan fingerprint density at radius 3 is 3.11 bits per heavy atom. The largest absolute Gasteiger partial charge is 0.224 e. The Morgan fingerprint density at radius 1 is 1.89 bits per heavy atom. The van der Waals surface area contributed by atoms with E-state index in [1.54, 1.807) is 0 Å². The molecule has 9 heavy (non-hydrogen) atoms. The number of hydrogen-bond donors (Lipinski definition) is 0. The summed E-state index contributed by atoms with van der Waals surface area (Å²) in [5.74, 6) is 0.309. The summed E-state index contributed by atoms with van der Waals surface area (Å²) in [7, 11) is 0. The van der Waals surface area contributed by atoms with E-state index in [0.29, 0.717) is 5.75 Å². The van der Waals surface area contributed by atoms with Gasteiger partial charge in [-0.3, -0.25) is 0 Å². The maximum Gasteiger partial charge on any atom is 0.224 e. The van der Waals surface area contributed by atoms with E-state index < -0.39 is 5.95 Å². The molecule has 0 atom stereocenters. The minimum Gasteiger partial charge on any atom is -0.201 e. The van der Waals surface area contributed by atoms with Gasteiger partial charge >= 0.3 is 0 Å². The van der Waals surface area contributed by atoms with Crippen LogP contribution in [-0.2, 0) is 0 Å². The lowest BCUT2D eigenvalue weighted by Crippen LogP contribution is -1.71. The zero-order chi connectivity index (χ0) is 6.69. The van der Waals surface area contributed by atoms with Gasteiger partial charge in [0.1, 0.15) is 0 Å². The molecule has 0 amide bonds. The molecule has 0 unspecified atom stereocenters. The molecule has 0 N–H and O–H groups in total. The minimum atomic E-state index is -0.393. The predicted molar refractivity (Wildman–Crippen MR) is 38.2 cm³/mol. The van der Waals surface area contributed by atoms with E-state index in [2.05, 4.69) is 11.9 Å². The third kappa shape index (κ3) is 1.95. The van der Waals surface area contributed by atoms with E-state index in [1.165, 1.54) is 28.5 Å². The fourth-order valence-corrected chi connectivity index (χ4v) is 1.78. The van der Waals surface area contributed by atoms with Crippen molar-refractivity contribution >= 4 is 23.1 Å². The van der Waals surface area contributed by atoms with Gasteiger partial charge in [0.2, 0.25) is 5.95 Å². The number of thiazole rings is 1. The first kappa shape index (κ1) is 7.02. The van der Waals surface area contributed by atoms with Crippen LogP contribution in [0.3, 0.4) is 0 Å². The van der Waals surface area contributed by atoms with Crippen molar-refractivity contribution in [2.24, 2.45) is 0 Å². The summed E-state index contributed by atoms with van der Waals surface area (Å²) in [6.07, 6.45) is 0. The standard InChI is InChI=1S/C5H5FNS2/c1-2-8-5-7-4(6)3-9-5/h3H,1-2H2. The molecule has 1 nitrogen and oxygen atoms in total. The van der Waals surface area contributed by atoms with Crippen molar-refractivity contribution in [2.75, 3.05) is 5.75 Å². The first-order valence-corrected chi connectivity index (χ1v) is 4.22. The third-order valence-electron chi connectivity index (χ3n) is 0.681. The van der Waals surface area contributed by atoms with Crippen molar-refractivity contribution in [3.8, 4) is 0 Å². The molecule has 0 aromatic carbocycles. The van der Waals surface area contributed by atoms with E-state index in [0.717, 1.165) is 4.34 Å².